The fourth-order valence-corrected chi connectivity index (χ4v) is 1.47. The van der Waals surface area contributed by atoms with E-state index in [1.165, 1.54) is 5.56 Å². The van der Waals surface area contributed by atoms with E-state index in [9.17, 15) is 0 Å². The second kappa shape index (κ2) is 4.75. The zero-order valence-corrected chi connectivity index (χ0v) is 8.52. The van der Waals surface area contributed by atoms with Crippen LogP contribution in [0, 0.1) is 0 Å². The standard InChI is InChI=1S/C12H14N2O/c13-8-12-14-11(9-15-12)7-6-10-4-2-1-3-5-10/h1-5,9H,6-8,13H2. The van der Waals surface area contributed by atoms with Crippen molar-refractivity contribution in [1.82, 2.24) is 4.98 Å². The van der Waals surface area contributed by atoms with Gasteiger partial charge >= 0.3 is 0 Å². The number of benzene rings is 1. The molecule has 0 spiro atoms. The van der Waals surface area contributed by atoms with Crippen molar-refractivity contribution in [2.24, 2.45) is 5.73 Å². The van der Waals surface area contributed by atoms with Crippen LogP contribution in [0.1, 0.15) is 17.1 Å². The third-order valence-corrected chi connectivity index (χ3v) is 2.29. The maximum absolute atomic E-state index is 5.41. The van der Waals surface area contributed by atoms with Crippen LogP contribution < -0.4 is 5.73 Å². The predicted molar refractivity (Wildman–Crippen MR) is 58.2 cm³/mol. The monoisotopic (exact) mass is 202 g/mol. The molecule has 3 nitrogen and oxygen atoms in total. The SMILES string of the molecule is NCc1nc(CCc2ccccc2)co1. The molecule has 0 unspecified atom stereocenters. The van der Waals surface area contributed by atoms with Crippen LogP contribution in [0.2, 0.25) is 0 Å². The minimum atomic E-state index is 0.366. The van der Waals surface area contributed by atoms with Gasteiger partial charge in [-0.2, -0.15) is 0 Å². The van der Waals surface area contributed by atoms with E-state index >= 15 is 0 Å². The molecule has 1 heterocycles. The summed E-state index contributed by atoms with van der Waals surface area (Å²) in [7, 11) is 0. The number of rotatable bonds is 4. The Labute approximate surface area is 88.9 Å². The molecule has 1 aromatic carbocycles. The number of oxazole rings is 1. The van der Waals surface area contributed by atoms with Crippen molar-refractivity contribution in [3.8, 4) is 0 Å². The van der Waals surface area contributed by atoms with Gasteiger partial charge in [-0.1, -0.05) is 30.3 Å². The lowest BCUT2D eigenvalue weighted by molar-refractivity contribution is 0.497. The molecule has 2 aromatic rings. The fraction of sp³-hybridized carbons (Fsp3) is 0.250. The van der Waals surface area contributed by atoms with Gasteiger partial charge in [0.2, 0.25) is 5.89 Å². The maximum Gasteiger partial charge on any atom is 0.207 e. The Morgan fingerprint density at radius 1 is 1.13 bits per heavy atom. The smallest absolute Gasteiger partial charge is 0.207 e. The fourth-order valence-electron chi connectivity index (χ4n) is 1.47. The van der Waals surface area contributed by atoms with Gasteiger partial charge in [0.1, 0.15) is 6.26 Å². The van der Waals surface area contributed by atoms with E-state index in [4.69, 9.17) is 10.2 Å². The summed E-state index contributed by atoms with van der Waals surface area (Å²) in [4.78, 5) is 4.25. The summed E-state index contributed by atoms with van der Waals surface area (Å²) in [5.41, 5.74) is 7.70. The number of aryl methyl sites for hydroxylation is 2. The van der Waals surface area contributed by atoms with Gasteiger partial charge in [0.25, 0.3) is 0 Å². The molecule has 0 atom stereocenters. The highest BCUT2D eigenvalue weighted by molar-refractivity contribution is 5.16. The van der Waals surface area contributed by atoms with Gasteiger partial charge in [-0.15, -0.1) is 0 Å². The lowest BCUT2D eigenvalue weighted by Gasteiger charge is -1.97. The second-order valence-electron chi connectivity index (χ2n) is 3.42. The van der Waals surface area contributed by atoms with Crippen molar-refractivity contribution in [3.63, 3.8) is 0 Å². The normalized spacial score (nSPS) is 10.5. The molecule has 0 aliphatic heterocycles. The van der Waals surface area contributed by atoms with Gasteiger partial charge in [0.15, 0.2) is 0 Å². The summed E-state index contributed by atoms with van der Waals surface area (Å²) in [5, 5.41) is 0. The van der Waals surface area contributed by atoms with Gasteiger partial charge < -0.3 is 10.2 Å². The highest BCUT2D eigenvalue weighted by Crippen LogP contribution is 2.07. The minimum Gasteiger partial charge on any atom is -0.447 e. The number of aromatic nitrogens is 1. The Morgan fingerprint density at radius 3 is 2.60 bits per heavy atom. The summed E-state index contributed by atoms with van der Waals surface area (Å²) in [5.74, 6) is 0.609. The minimum absolute atomic E-state index is 0.366. The van der Waals surface area contributed by atoms with E-state index in [2.05, 4.69) is 17.1 Å². The molecule has 78 valence electrons. The molecule has 3 heteroatoms. The van der Waals surface area contributed by atoms with Crippen molar-refractivity contribution in [2.75, 3.05) is 0 Å². The molecule has 15 heavy (non-hydrogen) atoms. The number of hydrogen-bond donors (Lipinski definition) is 1. The van der Waals surface area contributed by atoms with Crippen LogP contribution in [0.4, 0.5) is 0 Å². The number of nitrogens with two attached hydrogens (primary N) is 1. The maximum atomic E-state index is 5.41. The number of hydrogen-bond acceptors (Lipinski definition) is 3. The molecular weight excluding hydrogens is 188 g/mol. The van der Waals surface area contributed by atoms with Crippen LogP contribution in [-0.4, -0.2) is 4.98 Å². The molecule has 0 radical (unpaired) electrons. The van der Waals surface area contributed by atoms with Crippen molar-refractivity contribution in [2.45, 2.75) is 19.4 Å². The van der Waals surface area contributed by atoms with E-state index in [1.54, 1.807) is 6.26 Å². The van der Waals surface area contributed by atoms with Crippen LogP contribution in [0.3, 0.4) is 0 Å². The summed E-state index contributed by atoms with van der Waals surface area (Å²) in [6.45, 7) is 0.366. The molecule has 0 fully saturated rings. The van der Waals surface area contributed by atoms with Gasteiger partial charge in [-0.25, -0.2) is 4.98 Å². The molecule has 0 saturated carbocycles. The third-order valence-electron chi connectivity index (χ3n) is 2.29. The Balaban J connectivity index is 1.93. The molecule has 0 bridgehead atoms. The third kappa shape index (κ3) is 2.67. The van der Waals surface area contributed by atoms with Crippen LogP contribution in [-0.2, 0) is 19.4 Å². The van der Waals surface area contributed by atoms with Crippen LogP contribution in [0.25, 0.3) is 0 Å². The first-order valence-electron chi connectivity index (χ1n) is 5.06. The van der Waals surface area contributed by atoms with E-state index < -0.39 is 0 Å². The van der Waals surface area contributed by atoms with Crippen molar-refractivity contribution in [3.05, 3.63) is 53.7 Å². The molecule has 2 rings (SSSR count). The first kappa shape index (κ1) is 9.93. The molecule has 2 N–H and O–H groups in total. The van der Waals surface area contributed by atoms with Gasteiger partial charge in [0, 0.05) is 0 Å². The van der Waals surface area contributed by atoms with Crippen LogP contribution in [0.15, 0.2) is 41.0 Å². The first-order valence-corrected chi connectivity index (χ1v) is 5.06. The van der Waals surface area contributed by atoms with Gasteiger partial charge in [0.05, 0.1) is 12.2 Å². The summed E-state index contributed by atoms with van der Waals surface area (Å²) >= 11 is 0. The molecule has 1 aromatic heterocycles. The Bertz CT molecular complexity index is 409. The van der Waals surface area contributed by atoms with E-state index in [0.717, 1.165) is 18.5 Å². The number of nitrogens with zero attached hydrogens (tertiary/aromatic N) is 1. The summed E-state index contributed by atoms with van der Waals surface area (Å²) in [6.07, 6.45) is 3.57. The van der Waals surface area contributed by atoms with Gasteiger partial charge in [-0.3, -0.25) is 0 Å². The van der Waals surface area contributed by atoms with E-state index in [0.29, 0.717) is 12.4 Å². The van der Waals surface area contributed by atoms with Crippen LogP contribution >= 0.6 is 0 Å². The van der Waals surface area contributed by atoms with Crippen molar-refractivity contribution in [1.29, 1.82) is 0 Å². The topological polar surface area (TPSA) is 52.0 Å². The Morgan fingerprint density at radius 2 is 1.93 bits per heavy atom. The lowest BCUT2D eigenvalue weighted by Crippen LogP contribution is -1.97. The highest BCUT2D eigenvalue weighted by atomic mass is 16.3. The lowest BCUT2D eigenvalue weighted by atomic mass is 10.1. The molecule has 0 saturated heterocycles. The van der Waals surface area contributed by atoms with Crippen molar-refractivity contribution >= 4 is 0 Å². The Kier molecular flexibility index (Phi) is 3.15. The van der Waals surface area contributed by atoms with E-state index in [1.807, 2.05) is 18.2 Å². The zero-order valence-electron chi connectivity index (χ0n) is 8.52. The average Bonchev–Trinajstić information content (AvgIpc) is 2.76. The zero-order chi connectivity index (χ0) is 10.5. The first-order chi connectivity index (χ1) is 7.38. The average molecular weight is 202 g/mol. The van der Waals surface area contributed by atoms with E-state index in [-0.39, 0.29) is 0 Å². The van der Waals surface area contributed by atoms with Crippen molar-refractivity contribution < 1.29 is 4.42 Å². The van der Waals surface area contributed by atoms with Gasteiger partial charge in [-0.05, 0) is 18.4 Å². The quantitative estimate of drug-likeness (QED) is 0.824. The molecule has 0 aliphatic rings. The largest absolute Gasteiger partial charge is 0.447 e. The highest BCUT2D eigenvalue weighted by Gasteiger charge is 2.01. The molecule has 0 aliphatic carbocycles. The summed E-state index contributed by atoms with van der Waals surface area (Å²) < 4.78 is 5.17. The summed E-state index contributed by atoms with van der Waals surface area (Å²) in [6, 6.07) is 10.3. The van der Waals surface area contributed by atoms with Crippen LogP contribution in [0.5, 0.6) is 0 Å². The Hall–Kier alpha value is -1.61. The predicted octanol–water partition coefficient (Wildman–Crippen LogP) is 1.92. The molecular formula is C12H14N2O. The molecule has 0 amide bonds. The second-order valence-corrected chi connectivity index (χ2v) is 3.42.